The van der Waals surface area contributed by atoms with Crippen molar-refractivity contribution < 1.29 is 19.4 Å². The van der Waals surface area contributed by atoms with Gasteiger partial charge >= 0.3 is 5.97 Å². The van der Waals surface area contributed by atoms with E-state index in [0.717, 1.165) is 19.3 Å². The maximum atomic E-state index is 12.2. The maximum absolute atomic E-state index is 12.2. The van der Waals surface area contributed by atoms with Crippen LogP contribution in [0.3, 0.4) is 0 Å². The van der Waals surface area contributed by atoms with Crippen LogP contribution in [0.1, 0.15) is 71.6 Å². The van der Waals surface area contributed by atoms with Crippen LogP contribution < -0.4 is 0 Å². The highest BCUT2D eigenvalue weighted by molar-refractivity contribution is 5.75. The molecule has 0 radical (unpaired) electrons. The van der Waals surface area contributed by atoms with Gasteiger partial charge in [0.05, 0.1) is 5.41 Å². The summed E-state index contributed by atoms with van der Waals surface area (Å²) in [5, 5.41) is 10.0. The van der Waals surface area contributed by atoms with E-state index >= 15 is 0 Å². The molecule has 4 aliphatic rings. The normalized spacial score (nSPS) is 50.3. The van der Waals surface area contributed by atoms with E-state index in [1.165, 1.54) is 38.5 Å². The summed E-state index contributed by atoms with van der Waals surface area (Å²) in [5.74, 6) is 1.65. The van der Waals surface area contributed by atoms with Crippen molar-refractivity contribution in [3.63, 3.8) is 0 Å². The third-order valence-electron chi connectivity index (χ3n) is 9.49. The van der Waals surface area contributed by atoms with Crippen LogP contribution in [0.25, 0.3) is 0 Å². The van der Waals surface area contributed by atoms with Crippen molar-refractivity contribution in [2.45, 2.75) is 77.9 Å². The van der Waals surface area contributed by atoms with Crippen LogP contribution in [0.4, 0.5) is 0 Å². The molecule has 0 heterocycles. The largest absolute Gasteiger partial charge is 0.481 e. The van der Waals surface area contributed by atoms with E-state index in [0.29, 0.717) is 29.1 Å². The number of methoxy groups -OCH3 is 2. The van der Waals surface area contributed by atoms with Gasteiger partial charge in [-0.05, 0) is 86.9 Å². The van der Waals surface area contributed by atoms with E-state index in [1.54, 1.807) is 14.2 Å². The predicted octanol–water partition coefficient (Wildman–Crippen LogP) is 4.72. The van der Waals surface area contributed by atoms with Gasteiger partial charge in [-0.2, -0.15) is 0 Å². The molecule has 0 saturated heterocycles. The molecule has 0 unspecified atom stereocenters. The second-order valence-corrected chi connectivity index (χ2v) is 10.3. The van der Waals surface area contributed by atoms with Gasteiger partial charge in [0.15, 0.2) is 6.29 Å². The summed E-state index contributed by atoms with van der Waals surface area (Å²) in [7, 11) is 3.53. The molecule has 0 amide bonds. The zero-order chi connectivity index (χ0) is 18.7. The Hall–Kier alpha value is -0.610. The van der Waals surface area contributed by atoms with Gasteiger partial charge < -0.3 is 14.6 Å². The van der Waals surface area contributed by atoms with Crippen LogP contribution in [0, 0.1) is 39.9 Å². The number of hydrogen-bond donors (Lipinski definition) is 1. The number of carbonyl (C=O) groups is 1. The second kappa shape index (κ2) is 6.20. The van der Waals surface area contributed by atoms with Gasteiger partial charge in [0.2, 0.25) is 0 Å². The smallest absolute Gasteiger partial charge is 0.309 e. The Morgan fingerprint density at radius 3 is 2.38 bits per heavy atom. The molecule has 4 fully saturated rings. The molecule has 1 spiro atoms. The first kappa shape index (κ1) is 18.7. The molecule has 1 N–H and O–H groups in total. The second-order valence-electron chi connectivity index (χ2n) is 10.3. The molecule has 0 aromatic rings. The Morgan fingerprint density at radius 2 is 1.73 bits per heavy atom. The summed E-state index contributed by atoms with van der Waals surface area (Å²) in [5.41, 5.74) is 0.0368. The van der Waals surface area contributed by atoms with Crippen LogP contribution in [0.15, 0.2) is 0 Å². The van der Waals surface area contributed by atoms with Gasteiger partial charge in [0.25, 0.3) is 0 Å². The highest BCUT2D eigenvalue weighted by Crippen LogP contribution is 2.72. The highest BCUT2D eigenvalue weighted by atomic mass is 16.7. The fraction of sp³-hybridized carbons (Fsp3) is 0.955. The van der Waals surface area contributed by atoms with E-state index in [-0.39, 0.29) is 11.7 Å². The van der Waals surface area contributed by atoms with E-state index in [1.807, 2.05) is 6.92 Å². The fourth-order valence-corrected chi connectivity index (χ4v) is 8.52. The molecule has 4 nitrogen and oxygen atoms in total. The molecule has 4 aliphatic carbocycles. The molecule has 4 saturated carbocycles. The van der Waals surface area contributed by atoms with Gasteiger partial charge in [-0.3, -0.25) is 4.79 Å². The third kappa shape index (κ3) is 2.37. The molecule has 7 atom stereocenters. The SMILES string of the molecule is COC(OC)[C@@H]1C[C@@]23CC[C@H]4[C@@](C)(CCC[C@@]4(C)C(=O)O)[C@@H]2CC[C@@H]1C3. The number of carboxylic acids is 1. The van der Waals surface area contributed by atoms with Crippen LogP contribution in [-0.2, 0) is 14.3 Å². The fourth-order valence-electron chi connectivity index (χ4n) is 8.52. The van der Waals surface area contributed by atoms with Crippen LogP contribution in [0.2, 0.25) is 0 Å². The number of ether oxygens (including phenoxy) is 2. The minimum absolute atomic E-state index is 0.0840. The molecule has 148 valence electrons. The van der Waals surface area contributed by atoms with Crippen LogP contribution in [0.5, 0.6) is 0 Å². The van der Waals surface area contributed by atoms with Crippen molar-refractivity contribution in [1.29, 1.82) is 0 Å². The molecule has 4 heteroatoms. The van der Waals surface area contributed by atoms with Crippen molar-refractivity contribution in [2.24, 2.45) is 39.9 Å². The number of fused-ring (bicyclic) bond motifs is 3. The van der Waals surface area contributed by atoms with Crippen molar-refractivity contribution in [3.8, 4) is 0 Å². The standard InChI is InChI=1S/C22H36O4/c1-20-9-5-10-21(2,19(23)24)16(20)8-11-22-12-14(6-7-17(20)22)15(13-22)18(25-3)26-4/h14-18H,5-13H2,1-4H3,(H,23,24)/t14-,15-,16+,17+,20-,21-,22+/m1/s1. The van der Waals surface area contributed by atoms with Crippen molar-refractivity contribution in [1.82, 2.24) is 0 Å². The van der Waals surface area contributed by atoms with E-state index in [2.05, 4.69) is 6.92 Å². The summed E-state index contributed by atoms with van der Waals surface area (Å²) >= 11 is 0. The Labute approximate surface area is 158 Å². The number of hydrogen-bond acceptors (Lipinski definition) is 3. The zero-order valence-electron chi connectivity index (χ0n) is 16.9. The molecule has 4 rings (SSSR count). The Bertz CT molecular complexity index is 572. The van der Waals surface area contributed by atoms with Crippen molar-refractivity contribution in [3.05, 3.63) is 0 Å². The predicted molar refractivity (Wildman–Crippen MR) is 99.6 cm³/mol. The monoisotopic (exact) mass is 364 g/mol. The third-order valence-corrected chi connectivity index (χ3v) is 9.49. The molecular formula is C22H36O4. The maximum Gasteiger partial charge on any atom is 0.309 e. The van der Waals surface area contributed by atoms with Crippen molar-refractivity contribution in [2.75, 3.05) is 14.2 Å². The molecular weight excluding hydrogens is 328 g/mol. The van der Waals surface area contributed by atoms with Gasteiger partial charge in [-0.1, -0.05) is 13.3 Å². The summed E-state index contributed by atoms with van der Waals surface area (Å²) < 4.78 is 11.3. The Morgan fingerprint density at radius 1 is 1.00 bits per heavy atom. The van der Waals surface area contributed by atoms with Crippen molar-refractivity contribution >= 4 is 5.97 Å². The number of aliphatic carboxylic acids is 1. The molecule has 0 aliphatic heterocycles. The zero-order valence-corrected chi connectivity index (χ0v) is 16.9. The molecule has 26 heavy (non-hydrogen) atoms. The van der Waals surface area contributed by atoms with Gasteiger partial charge in [0.1, 0.15) is 0 Å². The lowest BCUT2D eigenvalue weighted by atomic mass is 9.41. The lowest BCUT2D eigenvalue weighted by Crippen LogP contribution is -2.58. The summed E-state index contributed by atoms with van der Waals surface area (Å²) in [6.07, 6.45) is 10.4. The lowest BCUT2D eigenvalue weighted by molar-refractivity contribution is -0.181. The lowest BCUT2D eigenvalue weighted by Gasteiger charge is -2.63. The quantitative estimate of drug-likeness (QED) is 0.734. The Balaban J connectivity index is 1.66. The van der Waals surface area contributed by atoms with Crippen LogP contribution >= 0.6 is 0 Å². The minimum Gasteiger partial charge on any atom is -0.481 e. The van der Waals surface area contributed by atoms with Gasteiger partial charge in [-0.25, -0.2) is 0 Å². The summed E-state index contributed by atoms with van der Waals surface area (Å²) in [6.45, 7) is 4.48. The topological polar surface area (TPSA) is 55.8 Å². The molecule has 0 aromatic carbocycles. The van der Waals surface area contributed by atoms with E-state index in [4.69, 9.17) is 9.47 Å². The summed E-state index contributed by atoms with van der Waals surface area (Å²) in [4.78, 5) is 12.2. The first-order valence-electron chi connectivity index (χ1n) is 10.6. The van der Waals surface area contributed by atoms with E-state index < -0.39 is 11.4 Å². The number of carboxylic acid groups (broad SMARTS) is 1. The summed E-state index contributed by atoms with van der Waals surface area (Å²) in [6, 6.07) is 0. The molecule has 0 aromatic heterocycles. The molecule has 2 bridgehead atoms. The Kier molecular flexibility index (Phi) is 4.47. The van der Waals surface area contributed by atoms with Gasteiger partial charge in [0, 0.05) is 20.1 Å². The highest BCUT2D eigenvalue weighted by Gasteiger charge is 2.66. The average Bonchev–Trinajstić information content (AvgIpc) is 2.86. The van der Waals surface area contributed by atoms with Crippen LogP contribution in [-0.4, -0.2) is 31.6 Å². The first-order valence-corrected chi connectivity index (χ1v) is 10.6. The average molecular weight is 365 g/mol. The number of rotatable bonds is 4. The minimum atomic E-state index is -0.568. The van der Waals surface area contributed by atoms with E-state index in [9.17, 15) is 9.90 Å². The first-order chi connectivity index (χ1) is 12.3. The van der Waals surface area contributed by atoms with Gasteiger partial charge in [-0.15, -0.1) is 0 Å².